The first-order valence-corrected chi connectivity index (χ1v) is 8.97. The lowest BCUT2D eigenvalue weighted by Gasteiger charge is -2.16. The lowest BCUT2D eigenvalue weighted by Crippen LogP contribution is -2.28. The molecule has 1 saturated heterocycles. The van der Waals surface area contributed by atoms with E-state index in [4.69, 9.17) is 4.74 Å². The molecular formula is C21H22N2O4. The van der Waals surface area contributed by atoms with E-state index in [0.717, 1.165) is 12.1 Å². The van der Waals surface area contributed by atoms with E-state index in [1.54, 1.807) is 4.90 Å². The van der Waals surface area contributed by atoms with Gasteiger partial charge in [0, 0.05) is 24.3 Å². The van der Waals surface area contributed by atoms with Gasteiger partial charge in [0.05, 0.1) is 5.92 Å². The van der Waals surface area contributed by atoms with Gasteiger partial charge in [0.1, 0.15) is 0 Å². The van der Waals surface area contributed by atoms with Crippen LogP contribution in [0.1, 0.15) is 18.9 Å². The summed E-state index contributed by atoms with van der Waals surface area (Å²) in [5, 5.41) is 2.69. The maximum atomic E-state index is 12.2. The summed E-state index contributed by atoms with van der Waals surface area (Å²) in [7, 11) is 0. The van der Waals surface area contributed by atoms with Crippen molar-refractivity contribution in [2.75, 3.05) is 23.4 Å². The van der Waals surface area contributed by atoms with Gasteiger partial charge in [0.15, 0.2) is 6.61 Å². The van der Waals surface area contributed by atoms with Gasteiger partial charge in [-0.25, -0.2) is 0 Å². The molecule has 140 valence electrons. The topological polar surface area (TPSA) is 75.7 Å². The second kappa shape index (κ2) is 8.49. The van der Waals surface area contributed by atoms with Crippen LogP contribution in [0.4, 0.5) is 11.4 Å². The van der Waals surface area contributed by atoms with E-state index < -0.39 is 17.8 Å². The zero-order chi connectivity index (χ0) is 19.2. The number of rotatable bonds is 6. The number of nitrogens with one attached hydrogen (secondary N) is 1. The number of benzene rings is 2. The largest absolute Gasteiger partial charge is 0.455 e. The molecule has 0 bridgehead atoms. The molecule has 1 aliphatic rings. The summed E-state index contributed by atoms with van der Waals surface area (Å²) >= 11 is 0. The van der Waals surface area contributed by atoms with Crippen molar-refractivity contribution in [1.29, 1.82) is 0 Å². The van der Waals surface area contributed by atoms with Crippen LogP contribution in [0.25, 0.3) is 0 Å². The third-order valence-corrected chi connectivity index (χ3v) is 4.52. The average molecular weight is 366 g/mol. The van der Waals surface area contributed by atoms with Gasteiger partial charge in [0.2, 0.25) is 5.91 Å². The molecule has 1 heterocycles. The van der Waals surface area contributed by atoms with Gasteiger partial charge in [-0.3, -0.25) is 14.4 Å². The van der Waals surface area contributed by atoms with E-state index in [-0.39, 0.29) is 25.5 Å². The van der Waals surface area contributed by atoms with Crippen molar-refractivity contribution in [1.82, 2.24) is 0 Å². The van der Waals surface area contributed by atoms with Crippen LogP contribution in [0.15, 0.2) is 54.6 Å². The average Bonchev–Trinajstić information content (AvgIpc) is 3.09. The Balaban J connectivity index is 1.49. The molecule has 6 nitrogen and oxygen atoms in total. The molecule has 2 aromatic carbocycles. The fraction of sp³-hybridized carbons (Fsp3) is 0.286. The highest BCUT2D eigenvalue weighted by Crippen LogP contribution is 2.25. The van der Waals surface area contributed by atoms with Crippen molar-refractivity contribution in [3.63, 3.8) is 0 Å². The number of ether oxygens (including phenoxy) is 1. The van der Waals surface area contributed by atoms with Crippen LogP contribution in [-0.4, -0.2) is 30.9 Å². The monoisotopic (exact) mass is 366 g/mol. The summed E-state index contributed by atoms with van der Waals surface area (Å²) < 4.78 is 5.11. The summed E-state index contributed by atoms with van der Waals surface area (Å²) in [6.07, 6.45) is 1.01. The molecule has 2 aromatic rings. The molecule has 1 atom stereocenters. The number of nitrogens with zero attached hydrogens (tertiary/aromatic N) is 1. The Kier molecular flexibility index (Phi) is 5.86. The Morgan fingerprint density at radius 3 is 2.48 bits per heavy atom. The standard InChI is InChI=1S/C21H22N2O4/c1-2-15-8-10-17(11-9-15)22-19(24)14-27-21(26)16-12-20(25)23(13-16)18-6-4-3-5-7-18/h3-11,16H,2,12-14H2,1H3,(H,22,24)/t16-/m1/s1. The van der Waals surface area contributed by atoms with Crippen LogP contribution in [0.3, 0.4) is 0 Å². The third-order valence-electron chi connectivity index (χ3n) is 4.52. The maximum absolute atomic E-state index is 12.2. The van der Waals surface area contributed by atoms with Crippen LogP contribution in [-0.2, 0) is 25.5 Å². The van der Waals surface area contributed by atoms with Gasteiger partial charge in [-0.1, -0.05) is 37.3 Å². The molecule has 1 fully saturated rings. The zero-order valence-electron chi connectivity index (χ0n) is 15.2. The highest BCUT2D eigenvalue weighted by Gasteiger charge is 2.36. The van der Waals surface area contributed by atoms with Crippen LogP contribution >= 0.6 is 0 Å². The predicted octanol–water partition coefficient (Wildman–Crippen LogP) is 2.78. The van der Waals surface area contributed by atoms with E-state index in [2.05, 4.69) is 12.2 Å². The van der Waals surface area contributed by atoms with Crippen molar-refractivity contribution < 1.29 is 19.1 Å². The van der Waals surface area contributed by atoms with Gasteiger partial charge in [-0.2, -0.15) is 0 Å². The Morgan fingerprint density at radius 2 is 1.81 bits per heavy atom. The minimum atomic E-state index is -0.561. The molecule has 0 unspecified atom stereocenters. The molecular weight excluding hydrogens is 344 g/mol. The summed E-state index contributed by atoms with van der Waals surface area (Å²) in [6.45, 7) is 1.95. The van der Waals surface area contributed by atoms with Crippen LogP contribution in [0.2, 0.25) is 0 Å². The van der Waals surface area contributed by atoms with Gasteiger partial charge < -0.3 is 15.0 Å². The minimum absolute atomic E-state index is 0.0911. The summed E-state index contributed by atoms with van der Waals surface area (Å²) in [5.41, 5.74) is 2.58. The number of amides is 2. The van der Waals surface area contributed by atoms with Crippen molar-refractivity contribution in [2.24, 2.45) is 5.92 Å². The lowest BCUT2D eigenvalue weighted by molar-refractivity contribution is -0.151. The number of carbonyl (C=O) groups excluding carboxylic acids is 3. The fourth-order valence-corrected chi connectivity index (χ4v) is 3.00. The first-order valence-electron chi connectivity index (χ1n) is 8.97. The quantitative estimate of drug-likeness (QED) is 0.798. The maximum Gasteiger partial charge on any atom is 0.311 e. The number of esters is 1. The van der Waals surface area contributed by atoms with Gasteiger partial charge in [-0.15, -0.1) is 0 Å². The molecule has 1 N–H and O–H groups in total. The van der Waals surface area contributed by atoms with Crippen molar-refractivity contribution in [3.05, 3.63) is 60.2 Å². The Morgan fingerprint density at radius 1 is 1.11 bits per heavy atom. The molecule has 27 heavy (non-hydrogen) atoms. The lowest BCUT2D eigenvalue weighted by atomic mass is 10.1. The molecule has 6 heteroatoms. The highest BCUT2D eigenvalue weighted by molar-refractivity contribution is 6.00. The molecule has 0 saturated carbocycles. The molecule has 3 rings (SSSR count). The second-order valence-corrected chi connectivity index (χ2v) is 6.45. The predicted molar refractivity (Wildman–Crippen MR) is 102 cm³/mol. The molecule has 2 amide bonds. The van der Waals surface area contributed by atoms with Crippen molar-refractivity contribution in [3.8, 4) is 0 Å². The van der Waals surface area contributed by atoms with Crippen LogP contribution in [0, 0.1) is 5.92 Å². The van der Waals surface area contributed by atoms with E-state index in [1.165, 1.54) is 5.56 Å². The molecule has 1 aliphatic heterocycles. The Bertz CT molecular complexity index is 818. The Hall–Kier alpha value is -3.15. The number of hydrogen-bond acceptors (Lipinski definition) is 4. The molecule has 0 radical (unpaired) electrons. The highest BCUT2D eigenvalue weighted by atomic mass is 16.5. The molecule has 0 aliphatic carbocycles. The normalized spacial score (nSPS) is 16.3. The smallest absolute Gasteiger partial charge is 0.311 e. The van der Waals surface area contributed by atoms with Crippen LogP contribution in [0.5, 0.6) is 0 Å². The summed E-state index contributed by atoms with van der Waals surface area (Å²) in [5.74, 6) is -1.62. The van der Waals surface area contributed by atoms with E-state index in [9.17, 15) is 14.4 Å². The molecule has 0 spiro atoms. The van der Waals surface area contributed by atoms with Gasteiger partial charge in [0.25, 0.3) is 5.91 Å². The van der Waals surface area contributed by atoms with Crippen LogP contribution < -0.4 is 10.2 Å². The zero-order valence-corrected chi connectivity index (χ0v) is 15.2. The number of para-hydroxylation sites is 1. The second-order valence-electron chi connectivity index (χ2n) is 6.45. The number of carbonyl (C=O) groups is 3. The van der Waals surface area contributed by atoms with Gasteiger partial charge in [-0.05, 0) is 36.2 Å². The first-order chi connectivity index (χ1) is 13.1. The third kappa shape index (κ3) is 4.73. The van der Waals surface area contributed by atoms with E-state index in [0.29, 0.717) is 5.69 Å². The number of hydrogen-bond donors (Lipinski definition) is 1. The van der Waals surface area contributed by atoms with Crippen molar-refractivity contribution >= 4 is 29.2 Å². The minimum Gasteiger partial charge on any atom is -0.455 e. The number of anilines is 2. The van der Waals surface area contributed by atoms with Gasteiger partial charge >= 0.3 is 5.97 Å². The number of aryl methyl sites for hydroxylation is 1. The molecule has 0 aromatic heterocycles. The van der Waals surface area contributed by atoms with E-state index >= 15 is 0 Å². The Labute approximate surface area is 158 Å². The van der Waals surface area contributed by atoms with E-state index in [1.807, 2.05) is 54.6 Å². The SMILES string of the molecule is CCc1ccc(NC(=O)COC(=O)[C@@H]2CC(=O)N(c3ccccc3)C2)cc1. The summed E-state index contributed by atoms with van der Waals surface area (Å²) in [4.78, 5) is 37.9. The van der Waals surface area contributed by atoms with Crippen molar-refractivity contribution in [2.45, 2.75) is 19.8 Å². The first kappa shape index (κ1) is 18.6. The fourth-order valence-electron chi connectivity index (χ4n) is 3.00. The summed E-state index contributed by atoms with van der Waals surface area (Å²) in [6, 6.07) is 16.7.